The second-order valence-corrected chi connectivity index (χ2v) is 9.97. The van der Waals surface area contributed by atoms with E-state index >= 15 is 0 Å². The van der Waals surface area contributed by atoms with E-state index < -0.39 is 0 Å². The lowest BCUT2D eigenvalue weighted by Crippen LogP contribution is -2.48. The van der Waals surface area contributed by atoms with Crippen molar-refractivity contribution < 1.29 is 4.79 Å². The van der Waals surface area contributed by atoms with Crippen LogP contribution in [0, 0.1) is 5.92 Å². The van der Waals surface area contributed by atoms with E-state index in [0.717, 1.165) is 11.3 Å². The smallest absolute Gasteiger partial charge is 0.267 e. The van der Waals surface area contributed by atoms with Gasteiger partial charge in [0.1, 0.15) is 11.4 Å². The number of benzene rings is 3. The fourth-order valence-electron chi connectivity index (χ4n) is 4.94. The second-order valence-electron chi connectivity index (χ2n) is 9.97. The largest absolute Gasteiger partial charge is 0.340 e. The molecule has 37 heavy (non-hydrogen) atoms. The van der Waals surface area contributed by atoms with Gasteiger partial charge in [-0.05, 0) is 34.7 Å². The summed E-state index contributed by atoms with van der Waals surface area (Å²) >= 11 is 0. The number of hydrogen-bond acceptors (Lipinski definition) is 5. The fourth-order valence-corrected chi connectivity index (χ4v) is 4.94. The third-order valence-corrected chi connectivity index (χ3v) is 7.10. The molecule has 0 aliphatic carbocycles. The van der Waals surface area contributed by atoms with Gasteiger partial charge in [-0.2, -0.15) is 5.10 Å². The number of amides is 1. The Balaban J connectivity index is 1.40. The lowest BCUT2D eigenvalue weighted by atomic mass is 10.0. The van der Waals surface area contributed by atoms with Gasteiger partial charge in [0.05, 0.1) is 19.1 Å². The van der Waals surface area contributed by atoms with E-state index in [2.05, 4.69) is 60.5 Å². The molecule has 0 radical (unpaired) electrons. The number of hydrogen-bond donors (Lipinski definition) is 1. The molecule has 3 aromatic carbocycles. The minimum absolute atomic E-state index is 0.0986. The Morgan fingerprint density at radius 3 is 2.24 bits per heavy atom. The molecule has 4 aromatic rings. The quantitative estimate of drug-likeness (QED) is 0.381. The van der Waals surface area contributed by atoms with Gasteiger partial charge in [-0.1, -0.05) is 86.6 Å². The highest BCUT2D eigenvalue weighted by Gasteiger charge is 2.43. The summed E-state index contributed by atoms with van der Waals surface area (Å²) < 4.78 is 1.91. The highest BCUT2D eigenvalue weighted by atomic mass is 16.2. The Bertz CT molecular complexity index is 1460. The zero-order valence-corrected chi connectivity index (χ0v) is 21.3. The number of rotatable bonds is 6. The third kappa shape index (κ3) is 4.16. The summed E-state index contributed by atoms with van der Waals surface area (Å²) in [7, 11) is 1.80. The molecule has 2 aliphatic heterocycles. The van der Waals surface area contributed by atoms with Gasteiger partial charge in [-0.3, -0.25) is 14.6 Å². The molecule has 3 heterocycles. The zero-order chi connectivity index (χ0) is 25.5. The van der Waals surface area contributed by atoms with Crippen LogP contribution < -0.4 is 10.2 Å². The first-order chi connectivity index (χ1) is 18.0. The number of nitrogens with one attached hydrogen (secondary N) is 1. The third-order valence-electron chi connectivity index (χ3n) is 7.10. The highest BCUT2D eigenvalue weighted by molar-refractivity contribution is 6.20. The summed E-state index contributed by atoms with van der Waals surface area (Å²) in [6, 6.07) is 28.9. The van der Waals surface area contributed by atoms with Crippen molar-refractivity contribution in [1.82, 2.24) is 14.7 Å². The van der Waals surface area contributed by atoms with Gasteiger partial charge in [0.25, 0.3) is 5.91 Å². The lowest BCUT2D eigenvalue weighted by Gasteiger charge is -2.30. The maximum absolute atomic E-state index is 13.6. The van der Waals surface area contributed by atoms with Crippen LogP contribution in [0.2, 0.25) is 0 Å². The summed E-state index contributed by atoms with van der Waals surface area (Å²) in [6.45, 7) is 5.57. The van der Waals surface area contributed by atoms with Gasteiger partial charge < -0.3 is 5.32 Å². The Morgan fingerprint density at radius 2 is 1.57 bits per heavy atom. The van der Waals surface area contributed by atoms with Crippen LogP contribution in [0.3, 0.4) is 0 Å². The van der Waals surface area contributed by atoms with Gasteiger partial charge in [-0.15, -0.1) is 0 Å². The molecule has 0 saturated carbocycles. The van der Waals surface area contributed by atoms with E-state index in [9.17, 15) is 4.79 Å². The van der Waals surface area contributed by atoms with E-state index in [-0.39, 0.29) is 11.9 Å². The topological polar surface area (TPSA) is 65.8 Å². The molecule has 1 amide bonds. The highest BCUT2D eigenvalue weighted by Crippen LogP contribution is 2.38. The standard InChI is InChI=1S/C30H30N6O/c1-20(2)25-19-35-28-26(29(37)34(3)30(35)32-25)27(31-24-12-8-5-9-13-24)36(33-28)18-21-14-16-23(17-15-21)22-10-6-4-7-11-22/h4-17,20,25,31H,18-19H2,1-3H3/t25-/m0/s1. The Morgan fingerprint density at radius 1 is 0.919 bits per heavy atom. The lowest BCUT2D eigenvalue weighted by molar-refractivity contribution is 0.0866. The van der Waals surface area contributed by atoms with Gasteiger partial charge in [0.2, 0.25) is 5.96 Å². The van der Waals surface area contributed by atoms with Crippen LogP contribution in [-0.4, -0.2) is 46.2 Å². The van der Waals surface area contributed by atoms with Gasteiger partial charge in [0.15, 0.2) is 5.82 Å². The molecule has 0 spiro atoms. The Hall–Kier alpha value is -4.39. The predicted molar refractivity (Wildman–Crippen MR) is 148 cm³/mol. The number of carbonyl (C=O) groups excluding carboxylic acids is 1. The van der Waals surface area contributed by atoms with Crippen LogP contribution in [0.25, 0.3) is 11.1 Å². The molecule has 7 heteroatoms. The molecule has 0 fully saturated rings. The van der Waals surface area contributed by atoms with Crippen molar-refractivity contribution in [2.24, 2.45) is 10.9 Å². The maximum Gasteiger partial charge on any atom is 0.267 e. The number of fused-ring (bicyclic) bond motifs is 3. The van der Waals surface area contributed by atoms with E-state index in [0.29, 0.717) is 42.2 Å². The van der Waals surface area contributed by atoms with E-state index in [4.69, 9.17) is 10.1 Å². The molecule has 1 N–H and O–H groups in total. The Labute approximate surface area is 217 Å². The fraction of sp³-hybridized carbons (Fsp3) is 0.233. The number of nitrogens with zero attached hydrogens (tertiary/aromatic N) is 5. The van der Waals surface area contributed by atoms with Crippen molar-refractivity contribution in [2.75, 3.05) is 23.8 Å². The predicted octanol–water partition coefficient (Wildman–Crippen LogP) is 5.63. The van der Waals surface area contributed by atoms with Gasteiger partial charge >= 0.3 is 0 Å². The van der Waals surface area contributed by atoms with Crippen LogP contribution >= 0.6 is 0 Å². The first-order valence-electron chi connectivity index (χ1n) is 12.7. The average Bonchev–Trinajstić information content (AvgIpc) is 3.52. The average molecular weight is 491 g/mol. The van der Waals surface area contributed by atoms with Crippen LogP contribution in [-0.2, 0) is 6.54 Å². The van der Waals surface area contributed by atoms with Crippen molar-refractivity contribution >= 4 is 29.2 Å². The van der Waals surface area contributed by atoms with E-state index in [1.54, 1.807) is 11.9 Å². The molecule has 7 nitrogen and oxygen atoms in total. The van der Waals surface area contributed by atoms with E-state index in [1.807, 2.05) is 53.2 Å². The van der Waals surface area contributed by atoms with Crippen molar-refractivity contribution in [1.29, 1.82) is 0 Å². The summed E-state index contributed by atoms with van der Waals surface area (Å²) in [5.74, 6) is 2.32. The summed E-state index contributed by atoms with van der Waals surface area (Å²) in [4.78, 5) is 22.2. The molecule has 0 unspecified atom stereocenters. The number of anilines is 3. The number of aromatic nitrogens is 2. The number of aliphatic imine (C=N–C) groups is 1. The van der Waals surface area contributed by atoms with Gasteiger partial charge in [-0.25, -0.2) is 9.67 Å². The molecule has 1 aromatic heterocycles. The summed E-state index contributed by atoms with van der Waals surface area (Å²) in [6.07, 6.45) is 0. The van der Waals surface area contributed by atoms with Crippen molar-refractivity contribution in [3.63, 3.8) is 0 Å². The zero-order valence-electron chi connectivity index (χ0n) is 21.3. The molecule has 0 bridgehead atoms. The molecular weight excluding hydrogens is 460 g/mol. The van der Waals surface area contributed by atoms with E-state index in [1.165, 1.54) is 11.1 Å². The first-order valence-corrected chi connectivity index (χ1v) is 12.7. The van der Waals surface area contributed by atoms with Crippen LogP contribution in [0.15, 0.2) is 89.9 Å². The molecule has 1 atom stereocenters. The van der Waals surface area contributed by atoms with Crippen molar-refractivity contribution in [3.05, 3.63) is 96.1 Å². The minimum atomic E-state index is -0.0986. The first kappa shape index (κ1) is 23.0. The molecule has 6 rings (SSSR count). The normalized spacial score (nSPS) is 16.6. The van der Waals surface area contributed by atoms with Crippen LogP contribution in [0.1, 0.15) is 29.8 Å². The molecule has 186 valence electrons. The summed E-state index contributed by atoms with van der Waals surface area (Å²) in [5, 5.41) is 8.49. The second kappa shape index (κ2) is 9.24. The van der Waals surface area contributed by atoms with Crippen LogP contribution in [0.5, 0.6) is 0 Å². The van der Waals surface area contributed by atoms with Crippen LogP contribution in [0.4, 0.5) is 17.3 Å². The van der Waals surface area contributed by atoms with Crippen molar-refractivity contribution in [2.45, 2.75) is 26.4 Å². The maximum atomic E-state index is 13.6. The Kier molecular flexibility index (Phi) is 5.75. The number of guanidine groups is 1. The van der Waals surface area contributed by atoms with Gasteiger partial charge in [0, 0.05) is 12.7 Å². The monoisotopic (exact) mass is 490 g/mol. The summed E-state index contributed by atoms with van der Waals surface area (Å²) in [5.41, 5.74) is 4.94. The molecule has 0 saturated heterocycles. The number of carbonyl (C=O) groups is 1. The number of para-hydroxylation sites is 1. The molecule has 2 aliphatic rings. The SMILES string of the molecule is CC(C)[C@@H]1CN2C(=N1)N(C)C(=O)c1c2nn(Cc2ccc(-c3ccccc3)cc2)c1Nc1ccccc1. The minimum Gasteiger partial charge on any atom is -0.340 e. The molecular formula is C30H30N6O. The van der Waals surface area contributed by atoms with Crippen molar-refractivity contribution in [3.8, 4) is 11.1 Å².